The number of likely N-dealkylation sites (tertiary alicyclic amines) is 1. The SMILES string of the molecule is COC(=O)CC(CP(=O)(CN1CCCC1=O)O[Si](C)(C)C)C(=O)OC. The third kappa shape index (κ3) is 7.29. The van der Waals surface area contributed by atoms with E-state index in [0.717, 1.165) is 0 Å². The molecular formula is C15H28NO7PSi. The third-order valence-corrected chi connectivity index (χ3v) is 8.96. The van der Waals surface area contributed by atoms with Crippen molar-refractivity contribution in [3.05, 3.63) is 0 Å². The van der Waals surface area contributed by atoms with Crippen LogP contribution in [0.3, 0.4) is 0 Å². The lowest BCUT2D eigenvalue weighted by atomic mass is 10.1. The van der Waals surface area contributed by atoms with E-state index in [-0.39, 0.29) is 24.8 Å². The van der Waals surface area contributed by atoms with Gasteiger partial charge in [-0.25, -0.2) is 0 Å². The van der Waals surface area contributed by atoms with Crippen molar-refractivity contribution >= 4 is 33.5 Å². The molecule has 25 heavy (non-hydrogen) atoms. The van der Waals surface area contributed by atoms with E-state index in [1.54, 1.807) is 0 Å². The van der Waals surface area contributed by atoms with E-state index in [1.807, 2.05) is 19.6 Å². The normalized spacial score (nSPS) is 18.6. The van der Waals surface area contributed by atoms with Gasteiger partial charge < -0.3 is 18.6 Å². The summed E-state index contributed by atoms with van der Waals surface area (Å²) in [5.41, 5.74) is 0. The number of ether oxygens (including phenoxy) is 2. The van der Waals surface area contributed by atoms with E-state index in [2.05, 4.69) is 4.74 Å². The van der Waals surface area contributed by atoms with Gasteiger partial charge in [0.05, 0.1) is 32.8 Å². The molecule has 0 N–H and O–H groups in total. The number of nitrogens with zero attached hydrogens (tertiary/aromatic N) is 1. The van der Waals surface area contributed by atoms with Crippen molar-refractivity contribution in [1.29, 1.82) is 0 Å². The van der Waals surface area contributed by atoms with Crippen LogP contribution < -0.4 is 0 Å². The molecule has 0 aromatic rings. The number of carbonyl (C=O) groups is 3. The van der Waals surface area contributed by atoms with E-state index in [4.69, 9.17) is 8.95 Å². The standard InChI is InChI=1S/C15H28NO7PSi/c1-21-14(18)9-12(15(19)22-2)10-24(20,23-25(3,4)5)11-16-8-6-7-13(16)17/h12H,6-11H2,1-5H3. The van der Waals surface area contributed by atoms with Crippen molar-refractivity contribution < 1.29 is 32.6 Å². The molecule has 1 aliphatic rings. The highest BCUT2D eigenvalue weighted by Crippen LogP contribution is 2.52. The topological polar surface area (TPSA) is 99.2 Å². The number of methoxy groups -OCH3 is 2. The van der Waals surface area contributed by atoms with Gasteiger partial charge in [0.25, 0.3) is 0 Å². The minimum Gasteiger partial charge on any atom is -0.469 e. The molecule has 10 heteroatoms. The van der Waals surface area contributed by atoms with Gasteiger partial charge in [-0.3, -0.25) is 18.9 Å². The highest BCUT2D eigenvalue weighted by Gasteiger charge is 2.40. The van der Waals surface area contributed by atoms with Crippen molar-refractivity contribution in [1.82, 2.24) is 4.90 Å². The largest absolute Gasteiger partial charge is 0.469 e. The molecule has 1 saturated heterocycles. The van der Waals surface area contributed by atoms with Crippen molar-refractivity contribution in [3.63, 3.8) is 0 Å². The Hall–Kier alpha value is -1.18. The summed E-state index contributed by atoms with van der Waals surface area (Å²) in [7, 11) is -3.15. The van der Waals surface area contributed by atoms with Gasteiger partial charge in [0.15, 0.2) is 8.32 Å². The van der Waals surface area contributed by atoms with Gasteiger partial charge in [0.2, 0.25) is 13.3 Å². The Morgan fingerprint density at radius 2 is 1.88 bits per heavy atom. The number of amides is 1. The van der Waals surface area contributed by atoms with Crippen LogP contribution in [0.4, 0.5) is 0 Å². The maximum atomic E-state index is 13.5. The maximum Gasteiger partial charge on any atom is 0.309 e. The van der Waals surface area contributed by atoms with Crippen LogP contribution in [-0.2, 0) is 32.6 Å². The van der Waals surface area contributed by atoms with Crippen LogP contribution >= 0.6 is 7.37 Å². The highest BCUT2D eigenvalue weighted by atomic mass is 31.2. The molecule has 1 amide bonds. The fourth-order valence-electron chi connectivity index (χ4n) is 2.75. The predicted octanol–water partition coefficient (Wildman–Crippen LogP) is 2.05. The Morgan fingerprint density at radius 1 is 1.24 bits per heavy atom. The average molecular weight is 393 g/mol. The Bertz CT molecular complexity index is 561. The third-order valence-electron chi connectivity index (χ3n) is 3.67. The quantitative estimate of drug-likeness (QED) is 0.336. The summed E-state index contributed by atoms with van der Waals surface area (Å²) in [6.45, 7) is 6.19. The van der Waals surface area contributed by atoms with Gasteiger partial charge in [0, 0.05) is 19.1 Å². The molecule has 0 aromatic carbocycles. The average Bonchev–Trinajstić information content (AvgIpc) is 2.88. The van der Waals surface area contributed by atoms with E-state index in [0.29, 0.717) is 19.4 Å². The second-order valence-electron chi connectivity index (χ2n) is 7.10. The lowest BCUT2D eigenvalue weighted by Crippen LogP contribution is -2.34. The summed E-state index contributed by atoms with van der Waals surface area (Å²) in [4.78, 5) is 37.1. The predicted molar refractivity (Wildman–Crippen MR) is 94.9 cm³/mol. The molecule has 2 unspecified atom stereocenters. The minimum absolute atomic E-state index is 0.0369. The van der Waals surface area contributed by atoms with Gasteiger partial charge in [0.1, 0.15) is 0 Å². The summed E-state index contributed by atoms with van der Waals surface area (Å²) >= 11 is 0. The fraction of sp³-hybridized carbons (Fsp3) is 0.800. The number of hydrogen-bond acceptors (Lipinski definition) is 7. The van der Waals surface area contributed by atoms with Crippen molar-refractivity contribution in [2.24, 2.45) is 5.92 Å². The van der Waals surface area contributed by atoms with E-state index < -0.39 is 33.5 Å². The van der Waals surface area contributed by atoms with Gasteiger partial charge in [-0.05, 0) is 26.1 Å². The zero-order valence-electron chi connectivity index (χ0n) is 15.6. The zero-order chi connectivity index (χ0) is 19.3. The molecule has 0 spiro atoms. The molecule has 1 heterocycles. The molecule has 0 radical (unpaired) electrons. The number of rotatable bonds is 9. The number of carbonyl (C=O) groups excluding carboxylic acids is 3. The Morgan fingerprint density at radius 3 is 2.32 bits per heavy atom. The Kier molecular flexibility index (Phi) is 7.83. The smallest absolute Gasteiger partial charge is 0.309 e. The molecule has 0 bridgehead atoms. The van der Waals surface area contributed by atoms with Crippen LogP contribution in [0.1, 0.15) is 19.3 Å². The van der Waals surface area contributed by atoms with Crippen molar-refractivity contribution in [2.45, 2.75) is 38.9 Å². The fourth-order valence-corrected chi connectivity index (χ4v) is 9.15. The summed E-state index contributed by atoms with van der Waals surface area (Å²) < 4.78 is 28.7. The van der Waals surface area contributed by atoms with Gasteiger partial charge in [-0.15, -0.1) is 0 Å². The molecule has 1 fully saturated rings. The van der Waals surface area contributed by atoms with E-state index in [1.165, 1.54) is 19.1 Å². The molecular weight excluding hydrogens is 365 g/mol. The maximum absolute atomic E-state index is 13.5. The Balaban J connectivity index is 3.02. The lowest BCUT2D eigenvalue weighted by Gasteiger charge is -2.31. The summed E-state index contributed by atoms with van der Waals surface area (Å²) in [5.74, 6) is -2.23. The monoisotopic (exact) mass is 393 g/mol. The molecule has 0 aromatic heterocycles. The van der Waals surface area contributed by atoms with Gasteiger partial charge in [-0.2, -0.15) is 0 Å². The highest BCUT2D eigenvalue weighted by molar-refractivity contribution is 7.60. The van der Waals surface area contributed by atoms with Crippen LogP contribution in [0, 0.1) is 5.92 Å². The van der Waals surface area contributed by atoms with Gasteiger partial charge >= 0.3 is 11.9 Å². The molecule has 0 aliphatic carbocycles. The van der Waals surface area contributed by atoms with Crippen molar-refractivity contribution in [2.75, 3.05) is 33.2 Å². The molecule has 8 nitrogen and oxygen atoms in total. The summed E-state index contributed by atoms with van der Waals surface area (Å²) in [6, 6.07) is 0. The van der Waals surface area contributed by atoms with Gasteiger partial charge in [-0.1, -0.05) is 0 Å². The summed E-state index contributed by atoms with van der Waals surface area (Å²) in [6.07, 6.45) is 0.716. The van der Waals surface area contributed by atoms with Crippen LogP contribution in [0.25, 0.3) is 0 Å². The first-order valence-electron chi connectivity index (χ1n) is 8.21. The molecule has 0 saturated carbocycles. The first-order valence-corrected chi connectivity index (χ1v) is 13.6. The van der Waals surface area contributed by atoms with Crippen molar-refractivity contribution in [3.8, 4) is 0 Å². The van der Waals surface area contributed by atoms with Crippen LogP contribution in [-0.4, -0.2) is 64.3 Å². The van der Waals surface area contributed by atoms with Crippen LogP contribution in [0.2, 0.25) is 19.6 Å². The second-order valence-corrected chi connectivity index (χ2v) is 14.3. The molecule has 144 valence electrons. The van der Waals surface area contributed by atoms with Crippen LogP contribution in [0.15, 0.2) is 0 Å². The number of esters is 2. The Labute approximate surface area is 149 Å². The lowest BCUT2D eigenvalue weighted by molar-refractivity contribution is -0.151. The summed E-state index contributed by atoms with van der Waals surface area (Å²) in [5, 5.41) is 0. The first kappa shape index (κ1) is 21.9. The molecule has 2 atom stereocenters. The first-order chi connectivity index (χ1) is 11.5. The second kappa shape index (κ2) is 8.96. The van der Waals surface area contributed by atoms with Crippen LogP contribution in [0.5, 0.6) is 0 Å². The number of hydrogen-bond donors (Lipinski definition) is 0. The molecule has 1 rings (SSSR count). The van der Waals surface area contributed by atoms with E-state index in [9.17, 15) is 18.9 Å². The molecule has 1 aliphatic heterocycles. The van der Waals surface area contributed by atoms with E-state index >= 15 is 0 Å². The minimum atomic E-state index is -3.36. The zero-order valence-corrected chi connectivity index (χ0v) is 17.5.